The van der Waals surface area contributed by atoms with Crippen molar-refractivity contribution in [2.45, 2.75) is 13.8 Å². The number of carbonyl (C=O) groups is 2. The SMILES string of the molecule is C=C(NC(=O)C(=C)n1cnc2c(-c3ccc4nn(C)cc4c3)cccc2c1=O)C(=O)N(CC)CC. The summed E-state index contributed by atoms with van der Waals surface area (Å²) in [7, 11) is 1.86. The molecule has 0 aliphatic rings. The van der Waals surface area contributed by atoms with Crippen molar-refractivity contribution >= 4 is 39.3 Å². The monoisotopic (exact) mass is 470 g/mol. The number of hydrogen-bond acceptors (Lipinski definition) is 5. The van der Waals surface area contributed by atoms with Gasteiger partial charge in [0.2, 0.25) is 0 Å². The van der Waals surface area contributed by atoms with Gasteiger partial charge in [-0.1, -0.05) is 31.4 Å². The smallest absolute Gasteiger partial charge is 0.272 e. The molecule has 9 nitrogen and oxygen atoms in total. The van der Waals surface area contributed by atoms with E-state index >= 15 is 0 Å². The van der Waals surface area contributed by atoms with Gasteiger partial charge in [-0.25, -0.2) is 4.98 Å². The van der Waals surface area contributed by atoms with Crippen molar-refractivity contribution in [2.24, 2.45) is 7.05 Å². The summed E-state index contributed by atoms with van der Waals surface area (Å²) in [5.74, 6) is -1.10. The molecule has 0 saturated carbocycles. The molecular weight excluding hydrogens is 444 g/mol. The summed E-state index contributed by atoms with van der Waals surface area (Å²) in [5, 5.41) is 8.14. The highest BCUT2D eigenvalue weighted by Crippen LogP contribution is 2.28. The maximum absolute atomic E-state index is 13.3. The molecule has 0 aliphatic carbocycles. The maximum Gasteiger partial charge on any atom is 0.272 e. The summed E-state index contributed by atoms with van der Waals surface area (Å²) in [5.41, 5.74) is 2.35. The molecule has 4 rings (SSSR count). The Kier molecular flexibility index (Phi) is 6.33. The van der Waals surface area contributed by atoms with E-state index in [0.29, 0.717) is 24.0 Å². The van der Waals surface area contributed by atoms with Gasteiger partial charge in [0, 0.05) is 37.3 Å². The van der Waals surface area contributed by atoms with Gasteiger partial charge in [0.1, 0.15) is 12.0 Å². The van der Waals surface area contributed by atoms with E-state index in [0.717, 1.165) is 26.6 Å². The van der Waals surface area contributed by atoms with E-state index in [1.165, 1.54) is 11.2 Å². The number of nitrogens with zero attached hydrogens (tertiary/aromatic N) is 5. The van der Waals surface area contributed by atoms with Crippen LogP contribution >= 0.6 is 0 Å². The van der Waals surface area contributed by atoms with Crippen molar-refractivity contribution in [1.82, 2.24) is 29.5 Å². The fourth-order valence-corrected chi connectivity index (χ4v) is 3.97. The van der Waals surface area contributed by atoms with E-state index in [9.17, 15) is 14.4 Å². The van der Waals surface area contributed by atoms with Gasteiger partial charge in [-0.05, 0) is 37.6 Å². The van der Waals surface area contributed by atoms with Gasteiger partial charge in [0.05, 0.1) is 22.1 Å². The number of fused-ring (bicyclic) bond motifs is 2. The largest absolute Gasteiger partial charge is 0.338 e. The lowest BCUT2D eigenvalue weighted by molar-refractivity contribution is -0.128. The van der Waals surface area contributed by atoms with Crippen LogP contribution in [0, 0.1) is 0 Å². The number of para-hydroxylation sites is 1. The van der Waals surface area contributed by atoms with Crippen LogP contribution in [0.4, 0.5) is 0 Å². The molecule has 2 aromatic carbocycles. The Morgan fingerprint density at radius 1 is 1.11 bits per heavy atom. The molecule has 0 bridgehead atoms. The lowest BCUT2D eigenvalue weighted by Gasteiger charge is -2.20. The average Bonchev–Trinajstić information content (AvgIpc) is 3.23. The fraction of sp³-hybridized carbons (Fsp3) is 0.192. The summed E-state index contributed by atoms with van der Waals surface area (Å²) in [4.78, 5) is 44.4. The third-order valence-corrected chi connectivity index (χ3v) is 5.84. The average molecular weight is 471 g/mol. The minimum Gasteiger partial charge on any atom is -0.338 e. The van der Waals surface area contributed by atoms with E-state index in [1.54, 1.807) is 16.8 Å². The highest BCUT2D eigenvalue weighted by atomic mass is 16.2. The molecule has 2 amide bonds. The van der Waals surface area contributed by atoms with Gasteiger partial charge in [0.25, 0.3) is 17.4 Å². The number of amides is 2. The predicted octanol–water partition coefficient (Wildman–Crippen LogP) is 2.92. The molecule has 35 heavy (non-hydrogen) atoms. The molecule has 0 aliphatic heterocycles. The van der Waals surface area contributed by atoms with Gasteiger partial charge in [0.15, 0.2) is 0 Å². The zero-order valence-corrected chi connectivity index (χ0v) is 19.9. The summed E-state index contributed by atoms with van der Waals surface area (Å²) < 4.78 is 2.82. The molecule has 0 unspecified atom stereocenters. The maximum atomic E-state index is 13.3. The van der Waals surface area contributed by atoms with Gasteiger partial charge >= 0.3 is 0 Å². The molecule has 178 valence electrons. The topological polar surface area (TPSA) is 102 Å². The number of rotatable bonds is 7. The van der Waals surface area contributed by atoms with E-state index in [-0.39, 0.29) is 11.4 Å². The fourth-order valence-electron chi connectivity index (χ4n) is 3.97. The zero-order chi connectivity index (χ0) is 25.3. The number of carbonyl (C=O) groups excluding carboxylic acids is 2. The Balaban J connectivity index is 1.66. The third-order valence-electron chi connectivity index (χ3n) is 5.84. The number of aryl methyl sites for hydroxylation is 1. The van der Waals surface area contributed by atoms with Crippen molar-refractivity contribution in [3.63, 3.8) is 0 Å². The van der Waals surface area contributed by atoms with E-state index in [4.69, 9.17) is 0 Å². The van der Waals surface area contributed by atoms with Crippen molar-refractivity contribution in [1.29, 1.82) is 0 Å². The number of likely N-dealkylation sites (N-methyl/N-ethyl adjacent to an activating group) is 1. The molecule has 0 atom stereocenters. The highest BCUT2D eigenvalue weighted by Gasteiger charge is 2.20. The van der Waals surface area contributed by atoms with Crippen LogP contribution in [0.25, 0.3) is 38.6 Å². The first kappa shape index (κ1) is 23.6. The summed E-state index contributed by atoms with van der Waals surface area (Å²) in [6.45, 7) is 12.0. The second-order valence-corrected chi connectivity index (χ2v) is 8.05. The number of nitrogens with one attached hydrogen (secondary N) is 1. The first-order valence-electron chi connectivity index (χ1n) is 11.2. The van der Waals surface area contributed by atoms with E-state index in [1.807, 2.05) is 51.4 Å². The molecule has 1 N–H and O–H groups in total. The van der Waals surface area contributed by atoms with Crippen LogP contribution in [-0.4, -0.2) is 49.1 Å². The van der Waals surface area contributed by atoms with Crippen LogP contribution in [0.5, 0.6) is 0 Å². The minimum absolute atomic E-state index is 0.0882. The number of hydrogen-bond donors (Lipinski definition) is 1. The summed E-state index contributed by atoms with van der Waals surface area (Å²) >= 11 is 0. The Morgan fingerprint density at radius 3 is 2.57 bits per heavy atom. The van der Waals surface area contributed by atoms with Crippen LogP contribution in [0.15, 0.2) is 72.6 Å². The van der Waals surface area contributed by atoms with Gasteiger partial charge in [-0.2, -0.15) is 5.10 Å². The molecule has 2 heterocycles. The number of aromatic nitrogens is 4. The zero-order valence-electron chi connectivity index (χ0n) is 19.9. The second-order valence-electron chi connectivity index (χ2n) is 8.05. The molecule has 9 heteroatoms. The quantitative estimate of drug-likeness (QED) is 0.419. The molecular formula is C26H26N6O3. The van der Waals surface area contributed by atoms with Gasteiger partial charge in [-0.15, -0.1) is 0 Å². The summed E-state index contributed by atoms with van der Waals surface area (Å²) in [6.07, 6.45) is 3.19. The lowest BCUT2D eigenvalue weighted by atomic mass is 10.0. The first-order chi connectivity index (χ1) is 16.7. The number of benzene rings is 2. The van der Waals surface area contributed by atoms with Crippen molar-refractivity contribution in [3.05, 3.63) is 78.1 Å². The normalized spacial score (nSPS) is 10.9. The Bertz CT molecular complexity index is 1560. The molecule has 4 aromatic rings. The lowest BCUT2D eigenvalue weighted by Crippen LogP contribution is -2.39. The van der Waals surface area contributed by atoms with Gasteiger partial charge < -0.3 is 10.2 Å². The van der Waals surface area contributed by atoms with E-state index in [2.05, 4.69) is 28.6 Å². The molecule has 0 saturated heterocycles. The van der Waals surface area contributed by atoms with E-state index < -0.39 is 17.4 Å². The molecule has 2 aromatic heterocycles. The molecule has 0 fully saturated rings. The Labute approximate surface area is 202 Å². The van der Waals surface area contributed by atoms with Crippen LogP contribution in [0.2, 0.25) is 0 Å². The third kappa shape index (κ3) is 4.35. The molecule has 0 spiro atoms. The Hall–Kier alpha value is -4.53. The highest BCUT2D eigenvalue weighted by molar-refractivity contribution is 6.15. The van der Waals surface area contributed by atoms with Crippen molar-refractivity contribution < 1.29 is 9.59 Å². The standard InChI is InChI=1S/C26H26N6O3/c1-6-31(7-2)25(34)16(3)28-24(33)17(4)32-15-27-23-20(9-8-10-21(23)26(32)35)18-11-12-22-19(13-18)14-30(5)29-22/h8-15H,3-4,6-7H2,1-2,5H3,(H,28,33). The van der Waals surface area contributed by atoms with Crippen molar-refractivity contribution in [2.75, 3.05) is 13.1 Å². The predicted molar refractivity (Wildman–Crippen MR) is 136 cm³/mol. The second kappa shape index (κ2) is 9.38. The van der Waals surface area contributed by atoms with Crippen LogP contribution in [-0.2, 0) is 16.6 Å². The van der Waals surface area contributed by atoms with Crippen LogP contribution in [0.1, 0.15) is 13.8 Å². The Morgan fingerprint density at radius 2 is 1.86 bits per heavy atom. The van der Waals surface area contributed by atoms with Crippen LogP contribution in [0.3, 0.4) is 0 Å². The van der Waals surface area contributed by atoms with Gasteiger partial charge in [-0.3, -0.25) is 23.6 Å². The van der Waals surface area contributed by atoms with Crippen LogP contribution < -0.4 is 10.9 Å². The first-order valence-corrected chi connectivity index (χ1v) is 11.2. The summed E-state index contributed by atoms with van der Waals surface area (Å²) in [6, 6.07) is 11.2. The van der Waals surface area contributed by atoms with Crippen molar-refractivity contribution in [3.8, 4) is 11.1 Å². The molecule has 0 radical (unpaired) electrons. The minimum atomic E-state index is -0.711.